The Bertz CT molecular complexity index is 715. The first-order chi connectivity index (χ1) is 12.2. The number of amides is 3. The molecule has 3 rings (SSSR count). The third-order valence-electron chi connectivity index (χ3n) is 4.18. The second-order valence-corrected chi connectivity index (χ2v) is 5.81. The number of hydrogen-bond acceptors (Lipinski definition) is 4. The molecule has 1 N–H and O–H groups in total. The predicted octanol–water partition coefficient (Wildman–Crippen LogP) is 2.25. The lowest BCUT2D eigenvalue weighted by molar-refractivity contribution is -0.124. The zero-order valence-electron chi connectivity index (χ0n) is 14.1. The van der Waals surface area contributed by atoms with E-state index in [0.717, 1.165) is 17.0 Å². The van der Waals surface area contributed by atoms with Gasteiger partial charge >= 0.3 is 6.03 Å². The second kappa shape index (κ2) is 7.70. The second-order valence-electron chi connectivity index (χ2n) is 5.81. The molecule has 2 aromatic carbocycles. The van der Waals surface area contributed by atoms with Crippen LogP contribution in [-0.2, 0) is 11.3 Å². The van der Waals surface area contributed by atoms with Gasteiger partial charge in [0.2, 0.25) is 5.91 Å². The number of rotatable bonds is 7. The highest BCUT2D eigenvalue weighted by Gasteiger charge is 2.28. The Labute approximate surface area is 147 Å². The zero-order valence-corrected chi connectivity index (χ0v) is 14.1. The van der Waals surface area contributed by atoms with Crippen LogP contribution in [0.2, 0.25) is 0 Å². The van der Waals surface area contributed by atoms with Crippen LogP contribution in [0.15, 0.2) is 54.6 Å². The topological polar surface area (TPSA) is 61.9 Å². The van der Waals surface area contributed by atoms with E-state index in [1.807, 2.05) is 42.5 Å². The van der Waals surface area contributed by atoms with Crippen molar-refractivity contribution >= 4 is 17.6 Å². The molecule has 130 valence electrons. The van der Waals surface area contributed by atoms with E-state index in [4.69, 9.17) is 4.74 Å². The van der Waals surface area contributed by atoms with Crippen LogP contribution >= 0.6 is 0 Å². The molecule has 1 saturated heterocycles. The van der Waals surface area contributed by atoms with Crippen molar-refractivity contribution in [2.45, 2.75) is 6.54 Å². The van der Waals surface area contributed by atoms with E-state index in [9.17, 15) is 9.59 Å². The first-order valence-corrected chi connectivity index (χ1v) is 8.18. The number of methoxy groups -OCH3 is 1. The van der Waals surface area contributed by atoms with Gasteiger partial charge in [-0.05, 0) is 29.8 Å². The van der Waals surface area contributed by atoms with Crippen LogP contribution in [-0.4, -0.2) is 43.6 Å². The Balaban J connectivity index is 1.75. The van der Waals surface area contributed by atoms with Crippen molar-refractivity contribution in [3.8, 4) is 5.75 Å². The molecule has 0 aromatic heterocycles. The van der Waals surface area contributed by atoms with Gasteiger partial charge in [-0.2, -0.15) is 0 Å². The van der Waals surface area contributed by atoms with Gasteiger partial charge in [0, 0.05) is 25.3 Å². The molecule has 0 saturated carbocycles. The van der Waals surface area contributed by atoms with Crippen LogP contribution in [0.3, 0.4) is 0 Å². The molecular formula is C19H21N3O3. The minimum absolute atomic E-state index is 0.0834. The third kappa shape index (κ3) is 4.09. The summed E-state index contributed by atoms with van der Waals surface area (Å²) in [6.45, 7) is 1.68. The maximum Gasteiger partial charge on any atom is 0.324 e. The summed E-state index contributed by atoms with van der Waals surface area (Å²) in [6, 6.07) is 17.5. The summed E-state index contributed by atoms with van der Waals surface area (Å²) in [5.74, 6) is 0.608. The molecule has 0 unspecified atom stereocenters. The molecule has 0 bridgehead atoms. The molecule has 1 heterocycles. The normalized spacial score (nSPS) is 13.7. The molecule has 1 fully saturated rings. The fourth-order valence-electron chi connectivity index (χ4n) is 2.80. The summed E-state index contributed by atoms with van der Waals surface area (Å²) in [5, 5.41) is 2.55. The highest BCUT2D eigenvalue weighted by molar-refractivity contribution is 6.01. The molecule has 1 aliphatic heterocycles. The molecule has 0 atom stereocenters. The first-order valence-electron chi connectivity index (χ1n) is 8.18. The predicted molar refractivity (Wildman–Crippen MR) is 95.6 cm³/mol. The smallest absolute Gasteiger partial charge is 0.324 e. The summed E-state index contributed by atoms with van der Waals surface area (Å²) in [4.78, 5) is 26.9. The molecule has 3 amide bonds. The number of imide groups is 1. The number of carbonyl (C=O) groups excluding carboxylic acids is 2. The Morgan fingerprint density at radius 2 is 1.80 bits per heavy atom. The van der Waals surface area contributed by atoms with Crippen LogP contribution in [0.1, 0.15) is 5.56 Å². The Morgan fingerprint density at radius 3 is 2.40 bits per heavy atom. The minimum Gasteiger partial charge on any atom is -0.497 e. The molecule has 0 aliphatic carbocycles. The van der Waals surface area contributed by atoms with Crippen LogP contribution in [0.25, 0.3) is 0 Å². The van der Waals surface area contributed by atoms with E-state index in [2.05, 4.69) is 22.3 Å². The van der Waals surface area contributed by atoms with Gasteiger partial charge in [-0.25, -0.2) is 4.79 Å². The number of benzene rings is 2. The molecule has 2 aromatic rings. The van der Waals surface area contributed by atoms with Crippen LogP contribution in [0.4, 0.5) is 10.5 Å². The van der Waals surface area contributed by atoms with Gasteiger partial charge in [-0.15, -0.1) is 0 Å². The van der Waals surface area contributed by atoms with Crippen molar-refractivity contribution in [3.05, 3.63) is 60.2 Å². The van der Waals surface area contributed by atoms with Gasteiger partial charge in [-0.1, -0.05) is 30.3 Å². The van der Waals surface area contributed by atoms with E-state index in [1.165, 1.54) is 4.90 Å². The zero-order chi connectivity index (χ0) is 17.6. The Morgan fingerprint density at radius 1 is 1.08 bits per heavy atom. The summed E-state index contributed by atoms with van der Waals surface area (Å²) in [6.07, 6.45) is 0. The average molecular weight is 339 g/mol. The maximum atomic E-state index is 11.8. The van der Waals surface area contributed by atoms with E-state index >= 15 is 0 Å². The molecule has 0 spiro atoms. The van der Waals surface area contributed by atoms with Crippen molar-refractivity contribution < 1.29 is 14.3 Å². The largest absolute Gasteiger partial charge is 0.497 e. The number of urea groups is 1. The number of anilines is 1. The molecule has 25 heavy (non-hydrogen) atoms. The van der Waals surface area contributed by atoms with Crippen molar-refractivity contribution in [1.29, 1.82) is 0 Å². The minimum atomic E-state index is -0.320. The van der Waals surface area contributed by atoms with Gasteiger partial charge in [0.25, 0.3) is 0 Å². The van der Waals surface area contributed by atoms with Crippen LogP contribution in [0.5, 0.6) is 5.75 Å². The van der Waals surface area contributed by atoms with Gasteiger partial charge in [-0.3, -0.25) is 9.69 Å². The lowest BCUT2D eigenvalue weighted by atomic mass is 10.2. The van der Waals surface area contributed by atoms with Crippen molar-refractivity contribution in [2.24, 2.45) is 0 Å². The highest BCUT2D eigenvalue weighted by atomic mass is 16.5. The van der Waals surface area contributed by atoms with Crippen LogP contribution in [0, 0.1) is 0 Å². The first kappa shape index (κ1) is 16.8. The van der Waals surface area contributed by atoms with E-state index in [0.29, 0.717) is 19.6 Å². The van der Waals surface area contributed by atoms with Crippen molar-refractivity contribution in [2.75, 3.05) is 31.6 Å². The summed E-state index contributed by atoms with van der Waals surface area (Å²) >= 11 is 0. The number of ether oxygens (including phenoxy) is 1. The standard InChI is InChI=1S/C19H21N3O3/c1-25-17-9-7-16(8-10-17)21(14-15-5-3-2-4-6-15)11-12-22-18(23)13-20-19(22)24/h2-10H,11-14H2,1H3,(H,20,24). The lowest BCUT2D eigenvalue weighted by Crippen LogP contribution is -2.38. The lowest BCUT2D eigenvalue weighted by Gasteiger charge is -2.27. The molecular weight excluding hydrogens is 318 g/mol. The monoisotopic (exact) mass is 339 g/mol. The van der Waals surface area contributed by atoms with Gasteiger partial charge in [0.1, 0.15) is 5.75 Å². The van der Waals surface area contributed by atoms with Gasteiger partial charge in [0.05, 0.1) is 13.7 Å². The number of nitrogens with zero attached hydrogens (tertiary/aromatic N) is 2. The molecule has 6 heteroatoms. The SMILES string of the molecule is COc1ccc(N(CCN2C(=O)CNC2=O)Cc2ccccc2)cc1. The van der Waals surface area contributed by atoms with Gasteiger partial charge in [0.15, 0.2) is 0 Å². The van der Waals surface area contributed by atoms with E-state index in [-0.39, 0.29) is 18.5 Å². The summed E-state index contributed by atoms with van der Waals surface area (Å²) < 4.78 is 5.21. The number of carbonyl (C=O) groups is 2. The van der Waals surface area contributed by atoms with E-state index < -0.39 is 0 Å². The fourth-order valence-corrected chi connectivity index (χ4v) is 2.80. The Hall–Kier alpha value is -3.02. The van der Waals surface area contributed by atoms with Crippen molar-refractivity contribution in [1.82, 2.24) is 10.2 Å². The molecule has 6 nitrogen and oxygen atoms in total. The number of hydrogen-bond donors (Lipinski definition) is 1. The summed E-state index contributed by atoms with van der Waals surface area (Å²) in [5.41, 5.74) is 2.17. The highest BCUT2D eigenvalue weighted by Crippen LogP contribution is 2.21. The average Bonchev–Trinajstić information content (AvgIpc) is 2.97. The van der Waals surface area contributed by atoms with E-state index in [1.54, 1.807) is 7.11 Å². The Kier molecular flexibility index (Phi) is 5.18. The number of nitrogens with one attached hydrogen (secondary N) is 1. The van der Waals surface area contributed by atoms with Crippen LogP contribution < -0.4 is 15.0 Å². The summed E-state index contributed by atoms with van der Waals surface area (Å²) in [7, 11) is 1.63. The quantitative estimate of drug-likeness (QED) is 0.786. The maximum absolute atomic E-state index is 11.8. The molecule has 0 radical (unpaired) electrons. The third-order valence-corrected chi connectivity index (χ3v) is 4.18. The van der Waals surface area contributed by atoms with Crippen molar-refractivity contribution in [3.63, 3.8) is 0 Å². The van der Waals surface area contributed by atoms with Gasteiger partial charge < -0.3 is 15.0 Å². The fraction of sp³-hybridized carbons (Fsp3) is 0.263. The molecule has 1 aliphatic rings.